The maximum atomic E-state index is 12.1. The smallest absolute Gasteiger partial charge is 0.246 e. The molecule has 1 aromatic carbocycles. The van der Waals surface area contributed by atoms with Crippen molar-refractivity contribution in [2.45, 2.75) is 45.3 Å². The maximum absolute atomic E-state index is 12.1. The summed E-state index contributed by atoms with van der Waals surface area (Å²) in [7, 11) is 0. The lowest BCUT2D eigenvalue weighted by Gasteiger charge is -2.23. The molecular weight excluding hydrogens is 296 g/mol. The molecular formula is C17H24N2O4. The van der Waals surface area contributed by atoms with Crippen molar-refractivity contribution >= 4 is 17.5 Å². The Labute approximate surface area is 136 Å². The minimum absolute atomic E-state index is 0.103. The highest BCUT2D eigenvalue weighted by atomic mass is 16.5. The van der Waals surface area contributed by atoms with Crippen LogP contribution in [-0.4, -0.2) is 37.2 Å². The first-order valence-electron chi connectivity index (χ1n) is 7.97. The summed E-state index contributed by atoms with van der Waals surface area (Å²) in [6.45, 7) is 4.26. The number of benzene rings is 1. The third-order valence-electron chi connectivity index (χ3n) is 3.66. The first kappa shape index (κ1) is 17.3. The average Bonchev–Trinajstić information content (AvgIpc) is 2.54. The van der Waals surface area contributed by atoms with E-state index < -0.39 is 6.04 Å². The van der Waals surface area contributed by atoms with Gasteiger partial charge in [0.25, 0.3) is 0 Å². The van der Waals surface area contributed by atoms with E-state index >= 15 is 0 Å². The van der Waals surface area contributed by atoms with Crippen molar-refractivity contribution < 1.29 is 19.1 Å². The molecule has 23 heavy (non-hydrogen) atoms. The zero-order valence-corrected chi connectivity index (χ0v) is 13.6. The molecule has 6 nitrogen and oxygen atoms in total. The highest BCUT2D eigenvalue weighted by Gasteiger charge is 2.17. The van der Waals surface area contributed by atoms with Crippen LogP contribution < -0.4 is 15.4 Å². The largest absolute Gasteiger partial charge is 0.489 e. The van der Waals surface area contributed by atoms with Crippen molar-refractivity contribution in [3.05, 3.63) is 24.3 Å². The normalized spacial score (nSPS) is 18.8. The van der Waals surface area contributed by atoms with Crippen molar-refractivity contribution in [3.63, 3.8) is 0 Å². The number of hydrogen-bond donors (Lipinski definition) is 2. The second-order valence-electron chi connectivity index (χ2n) is 5.71. The maximum Gasteiger partial charge on any atom is 0.246 e. The third kappa shape index (κ3) is 5.56. The first-order chi connectivity index (χ1) is 11.1. The minimum Gasteiger partial charge on any atom is -0.489 e. The Morgan fingerprint density at radius 1 is 1.35 bits per heavy atom. The van der Waals surface area contributed by atoms with Gasteiger partial charge in [0, 0.05) is 13.5 Å². The molecule has 2 N–H and O–H groups in total. The van der Waals surface area contributed by atoms with Crippen molar-refractivity contribution in [3.8, 4) is 5.75 Å². The monoisotopic (exact) mass is 320 g/mol. The molecule has 0 aromatic heterocycles. The van der Waals surface area contributed by atoms with Gasteiger partial charge in [0.05, 0.1) is 11.8 Å². The molecule has 2 unspecified atom stereocenters. The lowest BCUT2D eigenvalue weighted by Crippen LogP contribution is -2.40. The number of nitrogens with one attached hydrogen (secondary N) is 2. The van der Waals surface area contributed by atoms with Gasteiger partial charge in [0.2, 0.25) is 11.8 Å². The van der Waals surface area contributed by atoms with Gasteiger partial charge in [-0.2, -0.15) is 0 Å². The zero-order valence-electron chi connectivity index (χ0n) is 13.6. The number of hydrogen-bond acceptors (Lipinski definition) is 4. The van der Waals surface area contributed by atoms with E-state index in [1.165, 1.54) is 6.92 Å². The summed E-state index contributed by atoms with van der Waals surface area (Å²) in [5, 5.41) is 5.34. The van der Waals surface area contributed by atoms with E-state index in [1.807, 2.05) is 18.2 Å². The van der Waals surface area contributed by atoms with E-state index in [-0.39, 0.29) is 17.9 Å². The van der Waals surface area contributed by atoms with E-state index in [1.54, 1.807) is 13.0 Å². The molecule has 6 heteroatoms. The van der Waals surface area contributed by atoms with E-state index in [9.17, 15) is 9.59 Å². The van der Waals surface area contributed by atoms with Gasteiger partial charge < -0.3 is 20.1 Å². The lowest BCUT2D eigenvalue weighted by atomic mass is 10.1. The van der Waals surface area contributed by atoms with Gasteiger partial charge in [-0.1, -0.05) is 12.1 Å². The summed E-state index contributed by atoms with van der Waals surface area (Å²) in [5.41, 5.74) is 0.588. The Hall–Kier alpha value is -2.08. The average molecular weight is 320 g/mol. The Balaban J connectivity index is 1.93. The molecule has 1 aliphatic heterocycles. The van der Waals surface area contributed by atoms with Gasteiger partial charge in [-0.25, -0.2) is 0 Å². The van der Waals surface area contributed by atoms with E-state index in [0.717, 1.165) is 25.9 Å². The molecule has 0 radical (unpaired) electrons. The first-order valence-corrected chi connectivity index (χ1v) is 7.97. The molecule has 1 aliphatic rings. The Morgan fingerprint density at radius 2 is 2.13 bits per heavy atom. The fourth-order valence-electron chi connectivity index (χ4n) is 2.43. The molecule has 1 aromatic rings. The number of para-hydroxylation sites is 2. The van der Waals surface area contributed by atoms with Crippen LogP contribution in [0.5, 0.6) is 5.75 Å². The highest BCUT2D eigenvalue weighted by molar-refractivity contribution is 5.97. The van der Waals surface area contributed by atoms with Crippen molar-refractivity contribution in [2.75, 3.05) is 18.5 Å². The minimum atomic E-state index is -0.609. The quantitative estimate of drug-likeness (QED) is 0.841. The van der Waals surface area contributed by atoms with Gasteiger partial charge in [-0.15, -0.1) is 0 Å². The second-order valence-corrected chi connectivity index (χ2v) is 5.71. The Morgan fingerprint density at radius 3 is 2.83 bits per heavy atom. The summed E-state index contributed by atoms with van der Waals surface area (Å²) >= 11 is 0. The number of ether oxygens (including phenoxy) is 2. The molecule has 1 saturated heterocycles. The predicted molar refractivity (Wildman–Crippen MR) is 87.4 cm³/mol. The third-order valence-corrected chi connectivity index (χ3v) is 3.66. The predicted octanol–water partition coefficient (Wildman–Crippen LogP) is 2.10. The Kier molecular flexibility index (Phi) is 6.40. The van der Waals surface area contributed by atoms with E-state index in [2.05, 4.69) is 10.6 Å². The molecule has 0 bridgehead atoms. The molecule has 2 amide bonds. The Bertz CT molecular complexity index is 541. The van der Waals surface area contributed by atoms with Crippen LogP contribution in [0, 0.1) is 0 Å². The van der Waals surface area contributed by atoms with Crippen molar-refractivity contribution in [1.82, 2.24) is 5.32 Å². The van der Waals surface area contributed by atoms with Gasteiger partial charge in [0.15, 0.2) is 0 Å². The number of carbonyl (C=O) groups is 2. The molecule has 2 atom stereocenters. The number of anilines is 1. The van der Waals surface area contributed by atoms with Crippen LogP contribution in [0.2, 0.25) is 0 Å². The molecule has 0 saturated carbocycles. The summed E-state index contributed by atoms with van der Waals surface area (Å²) in [4.78, 5) is 23.1. The number of rotatable bonds is 6. The summed E-state index contributed by atoms with van der Waals surface area (Å²) in [5.74, 6) is 0.0712. The number of carbonyl (C=O) groups excluding carboxylic acids is 2. The number of amides is 2. The van der Waals surface area contributed by atoms with Crippen LogP contribution in [-0.2, 0) is 14.3 Å². The van der Waals surface area contributed by atoms with Gasteiger partial charge in [0.1, 0.15) is 18.4 Å². The van der Waals surface area contributed by atoms with Gasteiger partial charge in [-0.3, -0.25) is 9.59 Å². The SMILES string of the molecule is CC(=O)NC(C)C(=O)Nc1ccccc1OCC1CCCCO1. The summed E-state index contributed by atoms with van der Waals surface area (Å²) in [6.07, 6.45) is 3.35. The topological polar surface area (TPSA) is 76.7 Å². The highest BCUT2D eigenvalue weighted by Crippen LogP contribution is 2.25. The van der Waals surface area contributed by atoms with Crippen LogP contribution in [0.4, 0.5) is 5.69 Å². The molecule has 1 fully saturated rings. The molecule has 2 rings (SSSR count). The van der Waals surface area contributed by atoms with E-state index in [0.29, 0.717) is 18.0 Å². The zero-order chi connectivity index (χ0) is 16.7. The lowest BCUT2D eigenvalue weighted by molar-refractivity contribution is -0.124. The summed E-state index contributed by atoms with van der Waals surface area (Å²) < 4.78 is 11.5. The van der Waals surface area contributed by atoms with Crippen molar-refractivity contribution in [1.29, 1.82) is 0 Å². The standard InChI is InChI=1S/C17H24N2O4/c1-12(18-13(2)20)17(21)19-15-8-3-4-9-16(15)23-11-14-7-5-6-10-22-14/h3-4,8-9,12,14H,5-7,10-11H2,1-2H3,(H,18,20)(H,19,21). The van der Waals surface area contributed by atoms with Gasteiger partial charge >= 0.3 is 0 Å². The van der Waals surface area contributed by atoms with Gasteiger partial charge in [-0.05, 0) is 38.3 Å². The molecule has 126 valence electrons. The summed E-state index contributed by atoms with van der Waals surface area (Å²) in [6, 6.07) is 6.64. The molecule has 0 aliphatic carbocycles. The fourth-order valence-corrected chi connectivity index (χ4v) is 2.43. The van der Waals surface area contributed by atoms with Crippen LogP contribution in [0.15, 0.2) is 24.3 Å². The molecule has 0 spiro atoms. The van der Waals surface area contributed by atoms with Crippen LogP contribution in [0.3, 0.4) is 0 Å². The second kappa shape index (κ2) is 8.53. The molecule has 1 heterocycles. The van der Waals surface area contributed by atoms with Crippen LogP contribution in [0.1, 0.15) is 33.1 Å². The van der Waals surface area contributed by atoms with Crippen molar-refractivity contribution in [2.24, 2.45) is 0 Å². The van der Waals surface area contributed by atoms with Crippen LogP contribution in [0.25, 0.3) is 0 Å². The van der Waals surface area contributed by atoms with E-state index in [4.69, 9.17) is 9.47 Å². The fraction of sp³-hybridized carbons (Fsp3) is 0.529. The van der Waals surface area contributed by atoms with Crippen LogP contribution >= 0.6 is 0 Å².